The lowest BCUT2D eigenvalue weighted by molar-refractivity contribution is -0.120. The van der Waals surface area contributed by atoms with Crippen molar-refractivity contribution in [1.29, 1.82) is 0 Å². The molecule has 1 fully saturated rings. The molecule has 1 aliphatic rings. The van der Waals surface area contributed by atoms with Crippen molar-refractivity contribution >= 4 is 42.1 Å². The van der Waals surface area contributed by atoms with Crippen molar-refractivity contribution < 1.29 is 9.18 Å². The van der Waals surface area contributed by atoms with Gasteiger partial charge in [-0.2, -0.15) is 0 Å². The molecule has 132 valence electrons. The number of halogens is 3. The molecule has 4 nitrogen and oxygen atoms in total. The first-order valence-electron chi connectivity index (χ1n) is 7.56. The van der Waals surface area contributed by atoms with Crippen LogP contribution in [0.4, 0.5) is 15.8 Å². The van der Waals surface area contributed by atoms with Gasteiger partial charge in [0.2, 0.25) is 5.91 Å². The molecule has 2 rings (SSSR count). The average molecular weight is 366 g/mol. The van der Waals surface area contributed by atoms with Crippen molar-refractivity contribution in [2.45, 2.75) is 45.7 Å². The van der Waals surface area contributed by atoms with Gasteiger partial charge in [0.15, 0.2) is 0 Å². The van der Waals surface area contributed by atoms with E-state index in [-0.39, 0.29) is 48.5 Å². The molecule has 1 amide bonds. The maximum absolute atomic E-state index is 13.5. The highest BCUT2D eigenvalue weighted by molar-refractivity contribution is 5.95. The van der Waals surface area contributed by atoms with E-state index in [9.17, 15) is 9.18 Å². The van der Waals surface area contributed by atoms with Gasteiger partial charge in [0, 0.05) is 18.0 Å². The Bertz CT molecular complexity index is 514. The molecule has 0 radical (unpaired) electrons. The van der Waals surface area contributed by atoms with E-state index in [0.29, 0.717) is 11.7 Å². The predicted octanol–water partition coefficient (Wildman–Crippen LogP) is 3.82. The van der Waals surface area contributed by atoms with Gasteiger partial charge in [0.25, 0.3) is 0 Å². The molecule has 1 aliphatic heterocycles. The third kappa shape index (κ3) is 6.53. The minimum atomic E-state index is -0.349. The van der Waals surface area contributed by atoms with Crippen LogP contribution in [0.25, 0.3) is 0 Å². The number of benzene rings is 1. The molecule has 2 atom stereocenters. The molecule has 7 heteroatoms. The minimum Gasteiger partial charge on any atom is -0.381 e. The lowest BCUT2D eigenvalue weighted by Crippen LogP contribution is -2.40. The van der Waals surface area contributed by atoms with Crippen molar-refractivity contribution in [3.8, 4) is 0 Å². The molecule has 1 aromatic rings. The van der Waals surface area contributed by atoms with Crippen molar-refractivity contribution in [2.24, 2.45) is 5.92 Å². The van der Waals surface area contributed by atoms with E-state index in [2.05, 4.69) is 22.9 Å². The summed E-state index contributed by atoms with van der Waals surface area (Å²) in [5.74, 6) is -0.393. The lowest BCUT2D eigenvalue weighted by atomic mass is 9.92. The third-order valence-electron chi connectivity index (χ3n) is 3.68. The van der Waals surface area contributed by atoms with Crippen LogP contribution >= 0.6 is 24.8 Å². The van der Waals surface area contributed by atoms with Crippen LogP contribution in [0, 0.1) is 11.7 Å². The van der Waals surface area contributed by atoms with Gasteiger partial charge in [-0.25, -0.2) is 4.39 Å². The van der Waals surface area contributed by atoms with E-state index in [4.69, 9.17) is 0 Å². The monoisotopic (exact) mass is 365 g/mol. The van der Waals surface area contributed by atoms with E-state index >= 15 is 0 Å². The smallest absolute Gasteiger partial charge is 0.227 e. The Morgan fingerprint density at radius 2 is 2.00 bits per heavy atom. The zero-order valence-electron chi connectivity index (χ0n) is 13.7. The van der Waals surface area contributed by atoms with E-state index in [0.717, 1.165) is 25.1 Å². The lowest BCUT2D eigenvalue weighted by Gasteiger charge is -2.27. The van der Waals surface area contributed by atoms with Crippen LogP contribution in [-0.4, -0.2) is 24.5 Å². The second kappa shape index (κ2) is 9.96. The summed E-state index contributed by atoms with van der Waals surface area (Å²) in [5.41, 5.74) is 1.27. The van der Waals surface area contributed by atoms with Crippen LogP contribution in [0.15, 0.2) is 18.2 Å². The zero-order chi connectivity index (χ0) is 15.4. The number of carbonyl (C=O) groups excluding carboxylic acids is 1. The number of amides is 1. The number of piperidine rings is 1. The SMILES string of the molecule is CC(C)Nc1ccc(F)cc1NC(=O)[C@H]1CCN[C@@H](C)C1.Cl.Cl. The molecule has 0 saturated carbocycles. The van der Waals surface area contributed by atoms with Gasteiger partial charge in [0.05, 0.1) is 11.4 Å². The summed E-state index contributed by atoms with van der Waals surface area (Å²) in [4.78, 5) is 12.4. The Kier molecular flexibility index (Phi) is 9.51. The molecule has 0 spiro atoms. The van der Waals surface area contributed by atoms with E-state index in [1.54, 1.807) is 6.07 Å². The minimum absolute atomic E-state index is 0. The molecule has 1 saturated heterocycles. The molecule has 0 bridgehead atoms. The highest BCUT2D eigenvalue weighted by Crippen LogP contribution is 2.26. The summed E-state index contributed by atoms with van der Waals surface area (Å²) in [6.07, 6.45) is 1.63. The number of anilines is 2. The molecule has 3 N–H and O–H groups in total. The first kappa shape index (κ1) is 22.0. The van der Waals surface area contributed by atoms with Crippen molar-refractivity contribution in [3.05, 3.63) is 24.0 Å². The van der Waals surface area contributed by atoms with Gasteiger partial charge in [-0.15, -0.1) is 24.8 Å². The molecule has 0 aromatic heterocycles. The molecule has 0 aliphatic carbocycles. The van der Waals surface area contributed by atoms with Crippen LogP contribution in [0.3, 0.4) is 0 Å². The fraction of sp³-hybridized carbons (Fsp3) is 0.562. The van der Waals surface area contributed by atoms with E-state index in [1.807, 2.05) is 13.8 Å². The third-order valence-corrected chi connectivity index (χ3v) is 3.68. The van der Waals surface area contributed by atoms with Gasteiger partial charge in [-0.1, -0.05) is 0 Å². The number of hydrogen-bond acceptors (Lipinski definition) is 3. The van der Waals surface area contributed by atoms with Crippen molar-refractivity contribution in [1.82, 2.24) is 5.32 Å². The van der Waals surface area contributed by atoms with Crippen LogP contribution in [0.1, 0.15) is 33.6 Å². The summed E-state index contributed by atoms with van der Waals surface area (Å²) >= 11 is 0. The van der Waals surface area contributed by atoms with Gasteiger partial charge in [-0.05, 0) is 58.4 Å². The summed E-state index contributed by atoms with van der Waals surface area (Å²) in [7, 11) is 0. The average Bonchev–Trinajstić information content (AvgIpc) is 2.41. The first-order valence-corrected chi connectivity index (χ1v) is 7.56. The van der Waals surface area contributed by atoms with E-state index in [1.165, 1.54) is 12.1 Å². The Morgan fingerprint density at radius 1 is 1.30 bits per heavy atom. The standard InChI is InChI=1S/C16H24FN3O.2ClH/c1-10(2)19-14-5-4-13(17)9-15(14)20-16(21)12-6-7-18-11(3)8-12;;/h4-5,9-12,18-19H,6-8H2,1-3H3,(H,20,21);2*1H/t11-,12-;;/m0../s1. The van der Waals surface area contributed by atoms with E-state index < -0.39 is 0 Å². The Morgan fingerprint density at radius 3 is 2.61 bits per heavy atom. The molecule has 1 aromatic carbocycles. The molecule has 1 heterocycles. The Hall–Kier alpha value is -1.04. The fourth-order valence-electron chi connectivity index (χ4n) is 2.66. The van der Waals surface area contributed by atoms with Crippen LogP contribution in [-0.2, 0) is 4.79 Å². The molecular formula is C16H26Cl2FN3O. The second-order valence-electron chi connectivity index (χ2n) is 6.05. The van der Waals surface area contributed by atoms with Gasteiger partial charge < -0.3 is 16.0 Å². The van der Waals surface area contributed by atoms with Gasteiger partial charge >= 0.3 is 0 Å². The van der Waals surface area contributed by atoms with Gasteiger partial charge in [0.1, 0.15) is 5.82 Å². The van der Waals surface area contributed by atoms with Crippen molar-refractivity contribution in [3.63, 3.8) is 0 Å². The molecular weight excluding hydrogens is 340 g/mol. The number of carbonyl (C=O) groups is 1. The molecule has 0 unspecified atom stereocenters. The normalized spacial score (nSPS) is 20.2. The molecule has 23 heavy (non-hydrogen) atoms. The zero-order valence-corrected chi connectivity index (χ0v) is 15.3. The predicted molar refractivity (Wildman–Crippen MR) is 98.5 cm³/mol. The summed E-state index contributed by atoms with van der Waals surface area (Å²) in [5, 5.41) is 9.43. The summed E-state index contributed by atoms with van der Waals surface area (Å²) in [6, 6.07) is 4.98. The quantitative estimate of drug-likeness (QED) is 0.760. The van der Waals surface area contributed by atoms with Crippen LogP contribution < -0.4 is 16.0 Å². The summed E-state index contributed by atoms with van der Waals surface area (Å²) in [6.45, 7) is 6.93. The first-order chi connectivity index (χ1) is 9.95. The fourth-order valence-corrected chi connectivity index (χ4v) is 2.66. The maximum atomic E-state index is 13.5. The Balaban J connectivity index is 0.00000242. The van der Waals surface area contributed by atoms with Crippen molar-refractivity contribution in [2.75, 3.05) is 17.2 Å². The topological polar surface area (TPSA) is 53.2 Å². The largest absolute Gasteiger partial charge is 0.381 e. The maximum Gasteiger partial charge on any atom is 0.227 e. The van der Waals surface area contributed by atoms with Gasteiger partial charge in [-0.3, -0.25) is 4.79 Å². The Labute approximate surface area is 149 Å². The number of hydrogen-bond donors (Lipinski definition) is 3. The van der Waals surface area contributed by atoms with Crippen LogP contribution in [0.5, 0.6) is 0 Å². The number of rotatable bonds is 4. The highest BCUT2D eigenvalue weighted by atomic mass is 35.5. The van der Waals surface area contributed by atoms with Crippen LogP contribution in [0.2, 0.25) is 0 Å². The summed E-state index contributed by atoms with van der Waals surface area (Å²) < 4.78 is 13.5. The highest BCUT2D eigenvalue weighted by Gasteiger charge is 2.25. The number of nitrogens with one attached hydrogen (secondary N) is 3. The second-order valence-corrected chi connectivity index (χ2v) is 6.05.